The quantitative estimate of drug-likeness (QED) is 0.598. The molecule has 1 N–H and O–H groups in total. The number of nitrogens with one attached hydrogen (secondary N) is 1. The second-order valence-electron chi connectivity index (χ2n) is 7.15. The zero-order chi connectivity index (χ0) is 21.1. The summed E-state index contributed by atoms with van der Waals surface area (Å²) in [6.07, 6.45) is 1.56. The number of pyridine rings is 1. The van der Waals surface area contributed by atoms with E-state index in [0.29, 0.717) is 17.0 Å². The Morgan fingerprint density at radius 3 is 2.52 bits per heavy atom. The number of rotatable bonds is 7. The first kappa shape index (κ1) is 21.0. The van der Waals surface area contributed by atoms with E-state index in [9.17, 15) is 9.59 Å². The van der Waals surface area contributed by atoms with Crippen LogP contribution >= 0.6 is 11.3 Å². The van der Waals surface area contributed by atoms with E-state index in [1.165, 1.54) is 18.3 Å². The standard InChI is InChI=1S/C22H25N3O3S/c1-13-18-10-16(14(2)26)11-24-22(18)29-20(13)21(27)23-12-19(25(3)4)15-6-8-17(28-5)9-7-15/h6-11,19H,12H2,1-5H3,(H,23,27)/t19-/m1/s1. The second kappa shape index (κ2) is 8.71. The minimum absolute atomic E-state index is 0.0296. The van der Waals surface area contributed by atoms with Gasteiger partial charge in [-0.3, -0.25) is 9.59 Å². The zero-order valence-corrected chi connectivity index (χ0v) is 18.1. The van der Waals surface area contributed by atoms with Gasteiger partial charge in [0.05, 0.1) is 18.0 Å². The van der Waals surface area contributed by atoms with Crippen LogP contribution in [0.5, 0.6) is 5.75 Å². The van der Waals surface area contributed by atoms with E-state index in [1.54, 1.807) is 13.3 Å². The van der Waals surface area contributed by atoms with Crippen LogP contribution in [0.2, 0.25) is 0 Å². The average molecular weight is 412 g/mol. The first-order chi connectivity index (χ1) is 13.8. The molecule has 0 aliphatic carbocycles. The SMILES string of the molecule is COc1ccc([C@@H](CNC(=O)c2sc3ncc(C(C)=O)cc3c2C)N(C)C)cc1. The molecule has 29 heavy (non-hydrogen) atoms. The zero-order valence-electron chi connectivity index (χ0n) is 17.3. The minimum atomic E-state index is -0.129. The van der Waals surface area contributed by atoms with Crippen molar-refractivity contribution in [1.82, 2.24) is 15.2 Å². The lowest BCUT2D eigenvalue weighted by Crippen LogP contribution is -2.34. The number of hydrogen-bond acceptors (Lipinski definition) is 6. The molecular weight excluding hydrogens is 386 g/mol. The van der Waals surface area contributed by atoms with Crippen molar-refractivity contribution in [2.24, 2.45) is 0 Å². The number of Topliss-reactive ketones (excluding diaryl/α,β-unsaturated/α-hetero) is 1. The van der Waals surface area contributed by atoms with Crippen LogP contribution in [0.3, 0.4) is 0 Å². The lowest BCUT2D eigenvalue weighted by Gasteiger charge is -2.25. The third-order valence-corrected chi connectivity index (χ3v) is 6.20. The predicted octanol–water partition coefficient (Wildman–Crippen LogP) is 3.85. The molecule has 0 aliphatic heterocycles. The number of hydrogen-bond donors (Lipinski definition) is 1. The van der Waals surface area contributed by atoms with Gasteiger partial charge in [0.2, 0.25) is 0 Å². The highest BCUT2D eigenvalue weighted by molar-refractivity contribution is 7.20. The summed E-state index contributed by atoms with van der Waals surface area (Å²) in [6, 6.07) is 9.69. The molecule has 0 fully saturated rings. The number of methoxy groups -OCH3 is 1. The molecule has 3 aromatic rings. The number of amides is 1. The van der Waals surface area contributed by atoms with Gasteiger partial charge >= 0.3 is 0 Å². The Hall–Kier alpha value is -2.77. The number of ether oxygens (including phenoxy) is 1. The Kier molecular flexibility index (Phi) is 6.30. The fourth-order valence-corrected chi connectivity index (χ4v) is 4.25. The molecule has 0 unspecified atom stereocenters. The van der Waals surface area contributed by atoms with Gasteiger partial charge in [0.1, 0.15) is 10.6 Å². The van der Waals surface area contributed by atoms with E-state index in [0.717, 1.165) is 27.1 Å². The smallest absolute Gasteiger partial charge is 0.261 e. The topological polar surface area (TPSA) is 71.5 Å². The van der Waals surface area contributed by atoms with Gasteiger partial charge in [0.25, 0.3) is 5.91 Å². The van der Waals surface area contributed by atoms with Crippen molar-refractivity contribution in [2.75, 3.05) is 27.7 Å². The summed E-state index contributed by atoms with van der Waals surface area (Å²) in [4.78, 5) is 32.3. The van der Waals surface area contributed by atoms with E-state index >= 15 is 0 Å². The van der Waals surface area contributed by atoms with Gasteiger partial charge in [-0.2, -0.15) is 0 Å². The summed E-state index contributed by atoms with van der Waals surface area (Å²) in [5.74, 6) is 0.633. The molecule has 1 amide bonds. The molecule has 1 aromatic carbocycles. The summed E-state index contributed by atoms with van der Waals surface area (Å²) >= 11 is 1.35. The molecule has 3 rings (SSSR count). The molecule has 152 valence electrons. The van der Waals surface area contributed by atoms with Gasteiger partial charge < -0.3 is 15.0 Å². The molecule has 6 nitrogen and oxygen atoms in total. The third-order valence-electron chi connectivity index (χ3n) is 4.99. The van der Waals surface area contributed by atoms with Crippen LogP contribution in [0, 0.1) is 6.92 Å². The van der Waals surface area contributed by atoms with Crippen molar-refractivity contribution in [2.45, 2.75) is 19.9 Å². The van der Waals surface area contributed by atoms with Crippen molar-refractivity contribution in [3.05, 3.63) is 58.1 Å². The lowest BCUT2D eigenvalue weighted by atomic mass is 10.1. The Labute approximate surface area is 174 Å². The number of fused-ring (bicyclic) bond motifs is 1. The first-order valence-corrected chi connectivity index (χ1v) is 10.1. The summed E-state index contributed by atoms with van der Waals surface area (Å²) < 4.78 is 5.22. The number of aromatic nitrogens is 1. The lowest BCUT2D eigenvalue weighted by molar-refractivity contribution is 0.0944. The minimum Gasteiger partial charge on any atom is -0.497 e. The largest absolute Gasteiger partial charge is 0.497 e. The Morgan fingerprint density at radius 2 is 1.93 bits per heavy atom. The van der Waals surface area contributed by atoms with E-state index in [4.69, 9.17) is 4.74 Å². The Balaban J connectivity index is 1.79. The fourth-order valence-electron chi connectivity index (χ4n) is 3.20. The number of aryl methyl sites for hydroxylation is 1. The fraction of sp³-hybridized carbons (Fsp3) is 0.318. The van der Waals surface area contributed by atoms with E-state index < -0.39 is 0 Å². The number of nitrogens with zero attached hydrogens (tertiary/aromatic N) is 2. The molecule has 0 saturated carbocycles. The molecule has 0 bridgehead atoms. The summed E-state index contributed by atoms with van der Waals surface area (Å²) in [5.41, 5.74) is 2.50. The molecule has 0 aliphatic rings. The van der Waals surface area contributed by atoms with E-state index in [2.05, 4.69) is 15.2 Å². The number of ketones is 1. The van der Waals surface area contributed by atoms with Crippen LogP contribution in [0.1, 0.15) is 44.1 Å². The van der Waals surface area contributed by atoms with Crippen LogP contribution in [0.4, 0.5) is 0 Å². The maximum absolute atomic E-state index is 12.9. The maximum Gasteiger partial charge on any atom is 0.261 e. The number of benzene rings is 1. The van der Waals surface area contributed by atoms with Gasteiger partial charge in [-0.1, -0.05) is 12.1 Å². The summed E-state index contributed by atoms with van der Waals surface area (Å²) in [5, 5.41) is 3.90. The average Bonchev–Trinajstić information content (AvgIpc) is 3.04. The summed E-state index contributed by atoms with van der Waals surface area (Å²) in [6.45, 7) is 3.88. The molecule has 7 heteroatoms. The normalized spacial score (nSPS) is 12.2. The van der Waals surface area contributed by atoms with Crippen molar-refractivity contribution in [1.29, 1.82) is 0 Å². The second-order valence-corrected chi connectivity index (χ2v) is 8.15. The van der Waals surface area contributed by atoms with Gasteiger partial charge in [0, 0.05) is 23.7 Å². The molecule has 0 spiro atoms. The predicted molar refractivity (Wildman–Crippen MR) is 116 cm³/mol. The molecular formula is C22H25N3O3S. The van der Waals surface area contributed by atoms with Crippen molar-refractivity contribution < 1.29 is 14.3 Å². The highest BCUT2D eigenvalue weighted by Crippen LogP contribution is 2.30. The maximum atomic E-state index is 12.9. The number of thiophene rings is 1. The number of carbonyl (C=O) groups is 2. The first-order valence-electron chi connectivity index (χ1n) is 9.30. The van der Waals surface area contributed by atoms with Crippen LogP contribution < -0.4 is 10.1 Å². The van der Waals surface area contributed by atoms with Crippen molar-refractivity contribution in [3.63, 3.8) is 0 Å². The van der Waals surface area contributed by atoms with Crippen molar-refractivity contribution in [3.8, 4) is 5.75 Å². The van der Waals surface area contributed by atoms with Gasteiger partial charge in [-0.25, -0.2) is 4.98 Å². The molecule has 0 saturated heterocycles. The van der Waals surface area contributed by atoms with Gasteiger partial charge in [-0.05, 0) is 57.3 Å². The monoisotopic (exact) mass is 411 g/mol. The molecule has 2 aromatic heterocycles. The van der Waals surface area contributed by atoms with Gasteiger partial charge in [-0.15, -0.1) is 11.3 Å². The number of carbonyl (C=O) groups excluding carboxylic acids is 2. The van der Waals surface area contributed by atoms with E-state index in [-0.39, 0.29) is 17.7 Å². The third kappa shape index (κ3) is 4.46. The summed E-state index contributed by atoms with van der Waals surface area (Å²) in [7, 11) is 5.61. The van der Waals surface area contributed by atoms with Gasteiger partial charge in [0.15, 0.2) is 5.78 Å². The van der Waals surface area contributed by atoms with Crippen LogP contribution in [-0.4, -0.2) is 49.3 Å². The highest BCUT2D eigenvalue weighted by Gasteiger charge is 2.20. The molecule has 0 radical (unpaired) electrons. The molecule has 2 heterocycles. The highest BCUT2D eigenvalue weighted by atomic mass is 32.1. The van der Waals surface area contributed by atoms with Crippen LogP contribution in [-0.2, 0) is 0 Å². The van der Waals surface area contributed by atoms with Crippen LogP contribution in [0.25, 0.3) is 10.2 Å². The Morgan fingerprint density at radius 1 is 1.24 bits per heavy atom. The molecule has 1 atom stereocenters. The van der Waals surface area contributed by atoms with Crippen molar-refractivity contribution >= 4 is 33.2 Å². The van der Waals surface area contributed by atoms with E-state index in [1.807, 2.05) is 51.4 Å². The Bertz CT molecular complexity index is 1040. The van der Waals surface area contributed by atoms with Crippen LogP contribution in [0.15, 0.2) is 36.5 Å². The number of likely N-dealkylation sites (N-methyl/N-ethyl adjacent to an activating group) is 1.